The van der Waals surface area contributed by atoms with Crippen LogP contribution in [0.1, 0.15) is 43.7 Å². The lowest BCUT2D eigenvalue weighted by atomic mass is 10.00. The number of halogens is 1. The van der Waals surface area contributed by atoms with Crippen molar-refractivity contribution in [2.45, 2.75) is 39.7 Å². The summed E-state index contributed by atoms with van der Waals surface area (Å²) in [5.41, 5.74) is 1.05. The van der Waals surface area contributed by atoms with E-state index in [2.05, 4.69) is 13.8 Å². The number of benzene rings is 1. The summed E-state index contributed by atoms with van der Waals surface area (Å²) in [6.07, 6.45) is 1.72. The summed E-state index contributed by atoms with van der Waals surface area (Å²) in [5, 5.41) is 2.01. The first-order valence-electron chi connectivity index (χ1n) is 10.4. The lowest BCUT2D eigenvalue weighted by molar-refractivity contribution is -0.142. The second-order valence-electron chi connectivity index (χ2n) is 7.81. The normalized spacial score (nSPS) is 16.7. The van der Waals surface area contributed by atoms with E-state index in [1.165, 1.54) is 17.9 Å². The van der Waals surface area contributed by atoms with Gasteiger partial charge in [0, 0.05) is 24.9 Å². The van der Waals surface area contributed by atoms with Gasteiger partial charge in [0.2, 0.25) is 11.8 Å². The molecule has 0 spiro atoms. The summed E-state index contributed by atoms with van der Waals surface area (Å²) in [7, 11) is 0. The number of thiophene rings is 1. The van der Waals surface area contributed by atoms with E-state index < -0.39 is 5.82 Å². The van der Waals surface area contributed by atoms with E-state index in [0.29, 0.717) is 19.0 Å². The van der Waals surface area contributed by atoms with Gasteiger partial charge in [0.15, 0.2) is 11.6 Å². The topological polar surface area (TPSA) is 49.9 Å². The third kappa shape index (κ3) is 5.19. The van der Waals surface area contributed by atoms with Crippen molar-refractivity contribution in [2.24, 2.45) is 5.92 Å². The lowest BCUT2D eigenvalue weighted by Crippen LogP contribution is -2.48. The molecule has 30 heavy (non-hydrogen) atoms. The van der Waals surface area contributed by atoms with Crippen LogP contribution in [0.5, 0.6) is 5.75 Å². The highest BCUT2D eigenvalue weighted by molar-refractivity contribution is 7.10. The molecular weight excluding hydrogens is 403 g/mol. The number of amides is 2. The van der Waals surface area contributed by atoms with Crippen molar-refractivity contribution in [1.29, 1.82) is 0 Å². The number of fused-ring (bicyclic) bond motifs is 1. The zero-order valence-corrected chi connectivity index (χ0v) is 18.6. The molecule has 5 nitrogen and oxygen atoms in total. The first-order chi connectivity index (χ1) is 14.4. The number of nitrogens with zero attached hydrogens (tertiary/aromatic N) is 2. The van der Waals surface area contributed by atoms with Gasteiger partial charge in [-0.2, -0.15) is 0 Å². The molecule has 2 aromatic rings. The maximum Gasteiger partial charge on any atom is 0.242 e. The quantitative estimate of drug-likeness (QED) is 0.625. The molecule has 0 aliphatic carbocycles. The van der Waals surface area contributed by atoms with Crippen molar-refractivity contribution in [3.8, 4) is 5.75 Å². The molecular formula is C23H29FN2O3S. The highest BCUT2D eigenvalue weighted by atomic mass is 32.1. The van der Waals surface area contributed by atoms with E-state index >= 15 is 0 Å². The van der Waals surface area contributed by atoms with Gasteiger partial charge < -0.3 is 14.5 Å². The number of ether oxygens (including phenoxy) is 1. The van der Waals surface area contributed by atoms with Crippen LogP contribution in [0, 0.1) is 11.7 Å². The average Bonchev–Trinajstić information content (AvgIpc) is 3.21. The maximum atomic E-state index is 14.0. The third-order valence-electron chi connectivity index (χ3n) is 5.65. The second-order valence-corrected chi connectivity index (χ2v) is 8.81. The summed E-state index contributed by atoms with van der Waals surface area (Å²) in [5.74, 6) is -0.127. The number of para-hydroxylation sites is 1. The molecule has 7 heteroatoms. The molecule has 0 N–H and O–H groups in total. The van der Waals surface area contributed by atoms with E-state index in [-0.39, 0.29) is 36.8 Å². The van der Waals surface area contributed by atoms with Crippen LogP contribution in [0.4, 0.5) is 4.39 Å². The Labute approximate surface area is 181 Å². The third-order valence-corrected chi connectivity index (χ3v) is 6.65. The van der Waals surface area contributed by atoms with Gasteiger partial charge in [0.05, 0.1) is 12.6 Å². The molecule has 1 aliphatic rings. The minimum absolute atomic E-state index is 0.0509. The molecule has 1 aromatic carbocycles. The summed E-state index contributed by atoms with van der Waals surface area (Å²) < 4.78 is 19.8. The zero-order chi connectivity index (χ0) is 21.7. The Kier molecular flexibility index (Phi) is 7.48. The smallest absolute Gasteiger partial charge is 0.242 e. The molecule has 1 aromatic heterocycles. The molecule has 0 saturated carbocycles. The van der Waals surface area contributed by atoms with Crippen LogP contribution in [0.25, 0.3) is 0 Å². The van der Waals surface area contributed by atoms with Crippen molar-refractivity contribution in [2.75, 3.05) is 26.2 Å². The van der Waals surface area contributed by atoms with Crippen LogP contribution in [0.15, 0.2) is 35.7 Å². The highest BCUT2D eigenvalue weighted by Gasteiger charge is 2.33. The Morgan fingerprint density at radius 3 is 2.80 bits per heavy atom. The van der Waals surface area contributed by atoms with E-state index in [0.717, 1.165) is 18.4 Å². The highest BCUT2D eigenvalue weighted by Crippen LogP contribution is 2.34. The maximum absolute atomic E-state index is 14.0. The van der Waals surface area contributed by atoms with Gasteiger partial charge in [-0.1, -0.05) is 32.4 Å². The number of rotatable bonds is 8. The Morgan fingerprint density at radius 1 is 1.33 bits per heavy atom. The van der Waals surface area contributed by atoms with Gasteiger partial charge in [-0.15, -0.1) is 11.3 Å². The molecule has 2 atom stereocenters. The molecule has 0 fully saturated rings. The van der Waals surface area contributed by atoms with Gasteiger partial charge in [-0.25, -0.2) is 4.39 Å². The summed E-state index contributed by atoms with van der Waals surface area (Å²) in [4.78, 5) is 29.9. The molecule has 2 unspecified atom stereocenters. The van der Waals surface area contributed by atoms with Crippen LogP contribution in [-0.4, -0.2) is 47.9 Å². The van der Waals surface area contributed by atoms with E-state index in [4.69, 9.17) is 4.74 Å². The van der Waals surface area contributed by atoms with Crippen LogP contribution >= 0.6 is 11.3 Å². The molecule has 3 rings (SSSR count). The van der Waals surface area contributed by atoms with Gasteiger partial charge >= 0.3 is 0 Å². The Hall–Kier alpha value is -2.41. The van der Waals surface area contributed by atoms with E-state index in [1.807, 2.05) is 11.4 Å². The van der Waals surface area contributed by atoms with Crippen LogP contribution in [0.2, 0.25) is 0 Å². The van der Waals surface area contributed by atoms with Crippen LogP contribution in [-0.2, 0) is 16.0 Å². The zero-order valence-electron chi connectivity index (χ0n) is 17.8. The number of carbonyl (C=O) groups is 2. The van der Waals surface area contributed by atoms with Crippen molar-refractivity contribution >= 4 is 23.2 Å². The predicted octanol–water partition coefficient (Wildman–Crippen LogP) is 4.29. The summed E-state index contributed by atoms with van der Waals surface area (Å²) >= 11 is 1.67. The summed E-state index contributed by atoms with van der Waals surface area (Å²) in [6.45, 7) is 6.99. The van der Waals surface area contributed by atoms with Gasteiger partial charge in [0.1, 0.15) is 6.61 Å². The van der Waals surface area contributed by atoms with Gasteiger partial charge in [0.25, 0.3) is 0 Å². The fourth-order valence-corrected chi connectivity index (χ4v) is 4.60. The largest absolute Gasteiger partial charge is 0.488 e. The van der Waals surface area contributed by atoms with Crippen molar-refractivity contribution in [1.82, 2.24) is 9.80 Å². The molecule has 2 amide bonds. The average molecular weight is 433 g/mol. The van der Waals surface area contributed by atoms with Crippen LogP contribution < -0.4 is 4.74 Å². The van der Waals surface area contributed by atoms with E-state index in [1.54, 1.807) is 39.3 Å². The predicted molar refractivity (Wildman–Crippen MR) is 116 cm³/mol. The number of hydrogen-bond acceptors (Lipinski definition) is 4. The number of hydrogen-bond donors (Lipinski definition) is 0. The number of carbonyl (C=O) groups excluding carboxylic acids is 2. The van der Waals surface area contributed by atoms with Gasteiger partial charge in [-0.3, -0.25) is 9.59 Å². The second kappa shape index (κ2) is 10.1. The van der Waals surface area contributed by atoms with Gasteiger partial charge in [-0.05, 0) is 41.5 Å². The first-order valence-corrected chi connectivity index (χ1v) is 11.3. The monoisotopic (exact) mass is 432 g/mol. The standard InChI is InChI=1S/C23H29FN2O3S/c1-4-16(2)13-25(17(3)27)14-23(28)26-11-9-22-18(10-12-30-22)20(26)15-29-21-8-6-5-7-19(21)24/h5-8,10,12,16,20H,4,9,11,13-15H2,1-3H3. The minimum Gasteiger partial charge on any atom is -0.488 e. The first kappa shape index (κ1) is 22.3. The Balaban J connectivity index is 1.76. The fourth-order valence-electron chi connectivity index (χ4n) is 3.67. The Bertz CT molecular complexity index is 885. The Morgan fingerprint density at radius 2 is 2.10 bits per heavy atom. The molecule has 2 heterocycles. The van der Waals surface area contributed by atoms with Crippen molar-refractivity contribution in [3.63, 3.8) is 0 Å². The SMILES string of the molecule is CCC(C)CN(CC(=O)N1CCc2sccc2C1COc1ccccc1F)C(C)=O. The molecule has 162 valence electrons. The van der Waals surface area contributed by atoms with Crippen molar-refractivity contribution in [3.05, 3.63) is 52.0 Å². The molecule has 0 saturated heterocycles. The minimum atomic E-state index is -0.423. The van der Waals surface area contributed by atoms with Crippen LogP contribution in [0.3, 0.4) is 0 Å². The van der Waals surface area contributed by atoms with Crippen molar-refractivity contribution < 1.29 is 18.7 Å². The lowest BCUT2D eigenvalue weighted by Gasteiger charge is -2.37. The molecule has 1 aliphatic heterocycles. The van der Waals surface area contributed by atoms with E-state index in [9.17, 15) is 14.0 Å². The molecule has 0 bridgehead atoms. The summed E-state index contributed by atoms with van der Waals surface area (Å²) in [6, 6.07) is 7.99. The molecule has 0 radical (unpaired) electrons. The fraction of sp³-hybridized carbons (Fsp3) is 0.478.